The fourth-order valence-electron chi connectivity index (χ4n) is 3.21. The van der Waals surface area contributed by atoms with Gasteiger partial charge in [0.2, 0.25) is 0 Å². The van der Waals surface area contributed by atoms with Gasteiger partial charge in [0.15, 0.2) is 0 Å². The maximum absolute atomic E-state index is 14.0. The van der Waals surface area contributed by atoms with E-state index in [1.807, 2.05) is 30.3 Å². The molecule has 124 valence electrons. The third-order valence-corrected chi connectivity index (χ3v) is 4.31. The van der Waals surface area contributed by atoms with Gasteiger partial charge >= 0.3 is 0 Å². The van der Waals surface area contributed by atoms with Crippen LogP contribution in [0.4, 0.5) is 8.78 Å². The average molecular weight is 335 g/mol. The zero-order valence-electron chi connectivity index (χ0n) is 13.6. The monoisotopic (exact) mass is 335 g/mol. The molecule has 0 unspecified atom stereocenters. The number of fused-ring (bicyclic) bond motifs is 3. The molecule has 1 aliphatic carbocycles. The van der Waals surface area contributed by atoms with Crippen molar-refractivity contribution in [3.05, 3.63) is 89.0 Å². The molecule has 0 aromatic heterocycles. The fourth-order valence-corrected chi connectivity index (χ4v) is 3.21. The Morgan fingerprint density at radius 2 is 1.60 bits per heavy atom. The van der Waals surface area contributed by atoms with E-state index in [1.165, 1.54) is 31.4 Å². The van der Waals surface area contributed by atoms with E-state index in [4.69, 9.17) is 4.74 Å². The summed E-state index contributed by atoms with van der Waals surface area (Å²) in [7, 11) is 1.50. The van der Waals surface area contributed by atoms with Crippen LogP contribution in [0.1, 0.15) is 16.7 Å². The minimum atomic E-state index is -0.406. The molecule has 4 rings (SSSR count). The molecule has 2 nitrogen and oxygen atoms in total. The third kappa shape index (κ3) is 2.70. The molecule has 0 aliphatic heterocycles. The van der Waals surface area contributed by atoms with E-state index in [1.54, 1.807) is 6.07 Å². The number of benzene rings is 3. The lowest BCUT2D eigenvalue weighted by molar-refractivity contribution is 0.413. The largest absolute Gasteiger partial charge is 0.496 e. The highest BCUT2D eigenvalue weighted by molar-refractivity contribution is 6.25. The van der Waals surface area contributed by atoms with Gasteiger partial charge in [0.05, 0.1) is 19.4 Å². The van der Waals surface area contributed by atoms with Crippen molar-refractivity contribution in [2.75, 3.05) is 7.11 Å². The number of aliphatic imine (C=N–C) groups is 1. The summed E-state index contributed by atoms with van der Waals surface area (Å²) in [5.41, 5.74) is 4.48. The summed E-state index contributed by atoms with van der Waals surface area (Å²) in [5.74, 6) is -0.331. The molecule has 0 spiro atoms. The SMILES string of the molecule is COc1cc(F)cc2c1-c1ccc(F)cc1C2=NCc1ccccc1. The van der Waals surface area contributed by atoms with Crippen molar-refractivity contribution in [2.24, 2.45) is 4.99 Å². The van der Waals surface area contributed by atoms with E-state index in [9.17, 15) is 8.78 Å². The maximum atomic E-state index is 14.0. The molecule has 1 aliphatic rings. The number of hydrogen-bond acceptors (Lipinski definition) is 2. The molecular formula is C21H15F2NO. The van der Waals surface area contributed by atoms with E-state index in [-0.39, 0.29) is 5.82 Å². The molecule has 0 fully saturated rings. The Morgan fingerprint density at radius 1 is 0.840 bits per heavy atom. The lowest BCUT2D eigenvalue weighted by Gasteiger charge is -2.08. The smallest absolute Gasteiger partial charge is 0.130 e. The zero-order chi connectivity index (χ0) is 17.4. The molecule has 4 heteroatoms. The first-order chi connectivity index (χ1) is 12.2. The second kappa shape index (κ2) is 6.13. The maximum Gasteiger partial charge on any atom is 0.130 e. The Balaban J connectivity index is 1.91. The molecule has 0 atom stereocenters. The second-order valence-corrected chi connectivity index (χ2v) is 5.87. The Hall–Kier alpha value is -3.01. The molecule has 0 saturated carbocycles. The predicted molar refractivity (Wildman–Crippen MR) is 94.1 cm³/mol. The van der Waals surface area contributed by atoms with Crippen LogP contribution in [0, 0.1) is 11.6 Å². The molecule has 0 bridgehead atoms. The summed E-state index contributed by atoms with van der Waals surface area (Å²) < 4.78 is 33.2. The highest BCUT2D eigenvalue weighted by Gasteiger charge is 2.29. The molecule has 3 aromatic rings. The number of methoxy groups -OCH3 is 1. The van der Waals surface area contributed by atoms with Crippen LogP contribution in [0.2, 0.25) is 0 Å². The van der Waals surface area contributed by atoms with Gasteiger partial charge in [-0.3, -0.25) is 4.99 Å². The van der Waals surface area contributed by atoms with E-state index in [2.05, 4.69) is 4.99 Å². The van der Waals surface area contributed by atoms with Gasteiger partial charge in [-0.15, -0.1) is 0 Å². The van der Waals surface area contributed by atoms with Gasteiger partial charge in [-0.2, -0.15) is 0 Å². The lowest BCUT2D eigenvalue weighted by atomic mass is 10.0. The number of ether oxygens (including phenoxy) is 1. The highest BCUT2D eigenvalue weighted by atomic mass is 19.1. The number of nitrogens with zero attached hydrogens (tertiary/aromatic N) is 1. The highest BCUT2D eigenvalue weighted by Crippen LogP contribution is 2.43. The van der Waals surface area contributed by atoms with Crippen molar-refractivity contribution in [3.8, 4) is 16.9 Å². The summed E-state index contributed by atoms with van der Waals surface area (Å²) in [6.45, 7) is 0.435. The number of rotatable bonds is 3. The van der Waals surface area contributed by atoms with Crippen LogP contribution >= 0.6 is 0 Å². The fraction of sp³-hybridized carbons (Fsp3) is 0.0952. The van der Waals surface area contributed by atoms with Crippen molar-refractivity contribution in [3.63, 3.8) is 0 Å². The van der Waals surface area contributed by atoms with Crippen LogP contribution < -0.4 is 4.74 Å². The van der Waals surface area contributed by atoms with Gasteiger partial charge in [-0.25, -0.2) is 8.78 Å². The minimum Gasteiger partial charge on any atom is -0.496 e. The molecule has 0 heterocycles. The summed E-state index contributed by atoms with van der Waals surface area (Å²) in [5, 5.41) is 0. The van der Waals surface area contributed by atoms with E-state index in [0.29, 0.717) is 29.1 Å². The standard InChI is InChI=1S/C21H15F2NO/c1-25-19-11-15(23)10-18-20(19)16-8-7-14(22)9-17(16)21(18)24-12-13-5-3-2-4-6-13/h2-11H,12H2,1H3. The number of halogens is 2. The Bertz CT molecular complexity index is 981. The van der Waals surface area contributed by atoms with Gasteiger partial charge < -0.3 is 4.74 Å². The van der Waals surface area contributed by atoms with Crippen molar-refractivity contribution in [1.29, 1.82) is 0 Å². The Morgan fingerprint density at radius 3 is 2.36 bits per heavy atom. The summed E-state index contributed by atoms with van der Waals surface area (Å²) >= 11 is 0. The number of hydrogen-bond donors (Lipinski definition) is 0. The molecule has 0 radical (unpaired) electrons. The summed E-state index contributed by atoms with van der Waals surface area (Å²) in [6.07, 6.45) is 0. The second-order valence-electron chi connectivity index (χ2n) is 5.87. The first-order valence-electron chi connectivity index (χ1n) is 7.94. The quantitative estimate of drug-likeness (QED) is 0.517. The Kier molecular flexibility index (Phi) is 3.80. The van der Waals surface area contributed by atoms with Crippen LogP contribution in [0.15, 0.2) is 65.7 Å². The van der Waals surface area contributed by atoms with E-state index >= 15 is 0 Å². The summed E-state index contributed by atoms with van der Waals surface area (Å²) in [4.78, 5) is 4.66. The average Bonchev–Trinajstić information content (AvgIpc) is 2.92. The predicted octanol–water partition coefficient (Wildman–Crippen LogP) is 4.99. The third-order valence-electron chi connectivity index (χ3n) is 4.31. The zero-order valence-corrected chi connectivity index (χ0v) is 13.6. The van der Waals surface area contributed by atoms with E-state index < -0.39 is 5.82 Å². The van der Waals surface area contributed by atoms with Crippen molar-refractivity contribution in [2.45, 2.75) is 6.54 Å². The summed E-state index contributed by atoms with van der Waals surface area (Å²) in [6, 6.07) is 17.1. The van der Waals surface area contributed by atoms with Gasteiger partial charge in [0, 0.05) is 22.8 Å². The molecule has 0 amide bonds. The van der Waals surface area contributed by atoms with Gasteiger partial charge in [-0.1, -0.05) is 36.4 Å². The van der Waals surface area contributed by atoms with Crippen LogP contribution in [0.5, 0.6) is 5.75 Å². The van der Waals surface area contributed by atoms with Crippen LogP contribution in [-0.4, -0.2) is 12.8 Å². The van der Waals surface area contributed by atoms with Crippen molar-refractivity contribution >= 4 is 5.71 Å². The first-order valence-corrected chi connectivity index (χ1v) is 7.94. The van der Waals surface area contributed by atoms with E-state index in [0.717, 1.165) is 16.7 Å². The Labute approximate surface area is 144 Å². The van der Waals surface area contributed by atoms with Crippen molar-refractivity contribution in [1.82, 2.24) is 0 Å². The molecule has 0 saturated heterocycles. The van der Waals surface area contributed by atoms with Gasteiger partial charge in [0.25, 0.3) is 0 Å². The molecule has 25 heavy (non-hydrogen) atoms. The molecule has 3 aromatic carbocycles. The van der Waals surface area contributed by atoms with Crippen LogP contribution in [0.25, 0.3) is 11.1 Å². The van der Waals surface area contributed by atoms with Crippen LogP contribution in [-0.2, 0) is 6.54 Å². The lowest BCUT2D eigenvalue weighted by Crippen LogP contribution is -2.01. The van der Waals surface area contributed by atoms with Crippen molar-refractivity contribution < 1.29 is 13.5 Å². The van der Waals surface area contributed by atoms with Crippen LogP contribution in [0.3, 0.4) is 0 Å². The molecule has 0 N–H and O–H groups in total. The van der Waals surface area contributed by atoms with Gasteiger partial charge in [-0.05, 0) is 29.3 Å². The minimum absolute atomic E-state index is 0.349. The topological polar surface area (TPSA) is 21.6 Å². The van der Waals surface area contributed by atoms with Gasteiger partial charge in [0.1, 0.15) is 17.4 Å². The first kappa shape index (κ1) is 15.5. The normalized spacial score (nSPS) is 13.6. The molecular weight excluding hydrogens is 320 g/mol.